The summed E-state index contributed by atoms with van der Waals surface area (Å²) in [4.78, 5) is 48.7. The zero-order valence-electron chi connectivity index (χ0n) is 13.8. The van der Waals surface area contributed by atoms with Crippen LogP contribution in [0.1, 0.15) is 29.9 Å². The van der Waals surface area contributed by atoms with Crippen LogP contribution in [0.15, 0.2) is 21.7 Å². The van der Waals surface area contributed by atoms with E-state index in [4.69, 9.17) is 16.3 Å². The van der Waals surface area contributed by atoms with Crippen LogP contribution in [0.4, 0.5) is 10.1 Å². The van der Waals surface area contributed by atoms with E-state index in [1.807, 2.05) is 0 Å². The fourth-order valence-corrected chi connectivity index (χ4v) is 2.44. The molecule has 1 heterocycles. The van der Waals surface area contributed by atoms with Crippen LogP contribution in [0.5, 0.6) is 0 Å². The number of aryl methyl sites for hydroxylation is 1. The second-order valence-corrected chi connectivity index (χ2v) is 5.95. The van der Waals surface area contributed by atoms with Gasteiger partial charge in [-0.1, -0.05) is 11.6 Å². The van der Waals surface area contributed by atoms with Crippen LogP contribution in [0.25, 0.3) is 5.69 Å². The molecule has 26 heavy (non-hydrogen) atoms. The molecule has 0 aliphatic rings. The second kappa shape index (κ2) is 7.08. The lowest BCUT2D eigenvalue weighted by atomic mass is 10.2. The van der Waals surface area contributed by atoms with E-state index in [2.05, 4.69) is 4.98 Å². The normalized spacial score (nSPS) is 10.8. The number of rotatable bonds is 4. The average molecular weight is 386 g/mol. The minimum absolute atomic E-state index is 0.225. The molecular weight excluding hydrogens is 373 g/mol. The Bertz CT molecular complexity index is 1030. The summed E-state index contributed by atoms with van der Waals surface area (Å²) in [5.41, 5.74) is -4.63. The summed E-state index contributed by atoms with van der Waals surface area (Å²) in [6, 6.07) is 1.55. The van der Waals surface area contributed by atoms with Gasteiger partial charge in [0.15, 0.2) is 0 Å². The number of hydrogen-bond acceptors (Lipinski definition) is 6. The Morgan fingerprint density at radius 1 is 1.38 bits per heavy atom. The number of carbonyl (C=O) groups is 1. The fourth-order valence-electron chi connectivity index (χ4n) is 2.21. The van der Waals surface area contributed by atoms with Gasteiger partial charge in [-0.25, -0.2) is 18.5 Å². The standard InChI is InChI=1S/C15H13ClFN3O6/c1-6(2)26-14(22)8-4-11(10(17)5-9(8)16)19-13(21)12(20(24)25)7(3)18-15(19)23/h4-6H,1-3H3,(H,18,23). The van der Waals surface area contributed by atoms with Crippen molar-refractivity contribution >= 4 is 23.3 Å². The molecule has 0 unspecified atom stereocenters. The SMILES string of the molecule is Cc1[nH]c(=O)n(-c2cc(C(=O)OC(C)C)c(Cl)cc2F)c(=O)c1[N+](=O)[O-]. The number of hydrogen-bond donors (Lipinski definition) is 1. The van der Waals surface area contributed by atoms with Gasteiger partial charge in [0.25, 0.3) is 0 Å². The molecule has 0 saturated carbocycles. The van der Waals surface area contributed by atoms with Gasteiger partial charge < -0.3 is 9.72 Å². The molecule has 0 aliphatic heterocycles. The Labute approximate surface area is 150 Å². The average Bonchev–Trinajstić information content (AvgIpc) is 2.47. The van der Waals surface area contributed by atoms with Gasteiger partial charge in [-0.05, 0) is 32.9 Å². The molecule has 9 nitrogen and oxygen atoms in total. The molecule has 0 radical (unpaired) electrons. The molecule has 0 saturated heterocycles. The first kappa shape index (κ1) is 19.3. The van der Waals surface area contributed by atoms with E-state index in [-0.39, 0.29) is 20.8 Å². The number of nitrogens with zero attached hydrogens (tertiary/aromatic N) is 2. The molecule has 1 N–H and O–H groups in total. The number of H-pyrrole nitrogens is 1. The number of esters is 1. The number of carbonyl (C=O) groups excluding carboxylic acids is 1. The van der Waals surface area contributed by atoms with E-state index in [9.17, 15) is 28.9 Å². The zero-order valence-corrected chi connectivity index (χ0v) is 14.6. The van der Waals surface area contributed by atoms with Crippen LogP contribution in [-0.2, 0) is 4.74 Å². The van der Waals surface area contributed by atoms with Gasteiger partial charge in [-0.3, -0.25) is 14.9 Å². The maximum absolute atomic E-state index is 14.3. The minimum Gasteiger partial charge on any atom is -0.459 e. The van der Waals surface area contributed by atoms with Crippen molar-refractivity contribution in [2.75, 3.05) is 0 Å². The molecule has 138 valence electrons. The highest BCUT2D eigenvalue weighted by atomic mass is 35.5. The van der Waals surface area contributed by atoms with Gasteiger partial charge in [0.2, 0.25) is 0 Å². The number of aromatic amines is 1. The molecule has 0 spiro atoms. The third kappa shape index (κ3) is 3.49. The Kier molecular flexibility index (Phi) is 5.26. The summed E-state index contributed by atoms with van der Waals surface area (Å²) in [6.07, 6.45) is -0.501. The van der Waals surface area contributed by atoms with E-state index in [0.29, 0.717) is 6.07 Å². The molecule has 2 rings (SSSR count). The molecule has 1 aromatic carbocycles. The summed E-state index contributed by atoms with van der Waals surface area (Å²) < 4.78 is 19.5. The topological polar surface area (TPSA) is 124 Å². The monoisotopic (exact) mass is 385 g/mol. The van der Waals surface area contributed by atoms with Crippen molar-refractivity contribution < 1.29 is 18.8 Å². The Morgan fingerprint density at radius 3 is 2.54 bits per heavy atom. The molecule has 2 aromatic rings. The highest BCUT2D eigenvalue weighted by Crippen LogP contribution is 2.24. The van der Waals surface area contributed by atoms with E-state index >= 15 is 0 Å². The van der Waals surface area contributed by atoms with Crippen LogP contribution in [0, 0.1) is 22.9 Å². The molecule has 1 aromatic heterocycles. The maximum Gasteiger partial charge on any atom is 0.353 e. The van der Waals surface area contributed by atoms with E-state index < -0.39 is 45.4 Å². The van der Waals surface area contributed by atoms with Gasteiger partial charge in [0, 0.05) is 0 Å². The van der Waals surface area contributed by atoms with Gasteiger partial charge in [0.1, 0.15) is 11.5 Å². The number of nitro groups is 1. The summed E-state index contributed by atoms with van der Waals surface area (Å²) in [7, 11) is 0. The number of halogens is 2. The zero-order chi connectivity index (χ0) is 19.8. The molecule has 0 amide bonds. The lowest BCUT2D eigenvalue weighted by Crippen LogP contribution is -2.36. The van der Waals surface area contributed by atoms with Crippen molar-refractivity contribution in [1.29, 1.82) is 0 Å². The van der Waals surface area contributed by atoms with E-state index in [1.54, 1.807) is 13.8 Å². The quantitative estimate of drug-likeness (QED) is 0.488. The molecule has 0 atom stereocenters. The van der Waals surface area contributed by atoms with Crippen LogP contribution < -0.4 is 11.2 Å². The number of ether oxygens (including phenoxy) is 1. The summed E-state index contributed by atoms with van der Waals surface area (Å²) in [6.45, 7) is 4.32. The smallest absolute Gasteiger partial charge is 0.353 e. The first-order valence-corrected chi connectivity index (χ1v) is 7.63. The van der Waals surface area contributed by atoms with Crippen LogP contribution >= 0.6 is 11.6 Å². The van der Waals surface area contributed by atoms with Crippen molar-refractivity contribution in [3.8, 4) is 5.69 Å². The minimum atomic E-state index is -1.35. The molecule has 11 heteroatoms. The van der Waals surface area contributed by atoms with Gasteiger partial charge in [0.05, 0.1) is 27.3 Å². The predicted octanol–water partition coefficient (Wildman–Crippen LogP) is 2.10. The maximum atomic E-state index is 14.3. The Hall–Kier alpha value is -3.01. The molecule has 0 bridgehead atoms. The lowest BCUT2D eigenvalue weighted by Gasteiger charge is -2.12. The Morgan fingerprint density at radius 2 is 2.00 bits per heavy atom. The number of aromatic nitrogens is 2. The van der Waals surface area contributed by atoms with Crippen molar-refractivity contribution in [2.24, 2.45) is 0 Å². The lowest BCUT2D eigenvalue weighted by molar-refractivity contribution is -0.387. The third-order valence-electron chi connectivity index (χ3n) is 3.28. The van der Waals surface area contributed by atoms with Gasteiger partial charge in [-0.15, -0.1) is 0 Å². The highest BCUT2D eigenvalue weighted by molar-refractivity contribution is 6.33. The van der Waals surface area contributed by atoms with Crippen molar-refractivity contribution in [2.45, 2.75) is 26.9 Å². The Balaban J connectivity index is 2.80. The number of nitrogens with one attached hydrogen (secondary N) is 1. The molecular formula is C15H13ClFN3O6. The largest absolute Gasteiger partial charge is 0.459 e. The van der Waals surface area contributed by atoms with E-state index in [0.717, 1.165) is 13.0 Å². The first-order chi connectivity index (χ1) is 12.0. The first-order valence-electron chi connectivity index (χ1n) is 7.25. The number of benzene rings is 1. The van der Waals surface area contributed by atoms with Crippen molar-refractivity contribution in [1.82, 2.24) is 9.55 Å². The summed E-state index contributed by atoms with van der Waals surface area (Å²) >= 11 is 5.83. The highest BCUT2D eigenvalue weighted by Gasteiger charge is 2.25. The molecule has 0 aliphatic carbocycles. The van der Waals surface area contributed by atoms with Crippen LogP contribution in [0.3, 0.4) is 0 Å². The summed E-state index contributed by atoms with van der Waals surface area (Å²) in [5.74, 6) is -2.03. The van der Waals surface area contributed by atoms with Crippen LogP contribution in [-0.4, -0.2) is 26.5 Å². The van der Waals surface area contributed by atoms with Crippen LogP contribution in [0.2, 0.25) is 5.02 Å². The van der Waals surface area contributed by atoms with Gasteiger partial charge in [-0.2, -0.15) is 0 Å². The summed E-state index contributed by atoms with van der Waals surface area (Å²) in [5, 5.41) is 10.8. The second-order valence-electron chi connectivity index (χ2n) is 5.54. The predicted molar refractivity (Wildman–Crippen MR) is 89.6 cm³/mol. The van der Waals surface area contributed by atoms with E-state index in [1.165, 1.54) is 0 Å². The molecule has 0 fully saturated rings. The van der Waals surface area contributed by atoms with Crippen molar-refractivity contribution in [3.05, 3.63) is 65.2 Å². The van der Waals surface area contributed by atoms with Gasteiger partial charge >= 0.3 is 22.9 Å². The van der Waals surface area contributed by atoms with Crippen molar-refractivity contribution in [3.63, 3.8) is 0 Å². The fraction of sp³-hybridized carbons (Fsp3) is 0.267. The third-order valence-corrected chi connectivity index (χ3v) is 3.59.